The van der Waals surface area contributed by atoms with Gasteiger partial charge in [0, 0.05) is 25.2 Å². The molecule has 1 fully saturated rings. The summed E-state index contributed by atoms with van der Waals surface area (Å²) in [6.45, 7) is 10.9. The van der Waals surface area contributed by atoms with Crippen molar-refractivity contribution < 1.29 is 14.5 Å². The Labute approximate surface area is 141 Å². The monoisotopic (exact) mass is 339 g/mol. The van der Waals surface area contributed by atoms with Gasteiger partial charge in [-0.3, -0.25) is 24.5 Å². The molecular weight excluding hydrogens is 314 g/mol. The number of ether oxygens (including phenoxy) is 1. The van der Waals surface area contributed by atoms with Crippen LogP contribution in [-0.4, -0.2) is 63.9 Å². The summed E-state index contributed by atoms with van der Waals surface area (Å²) in [5.74, 6) is -0.211. The van der Waals surface area contributed by atoms with Crippen molar-refractivity contribution in [2.24, 2.45) is 0 Å². The van der Waals surface area contributed by atoms with Gasteiger partial charge >= 0.3 is 5.69 Å². The van der Waals surface area contributed by atoms with E-state index >= 15 is 0 Å². The Balaban J connectivity index is 1.94. The molecule has 2 heterocycles. The van der Waals surface area contributed by atoms with Gasteiger partial charge in [-0.05, 0) is 27.7 Å². The second-order valence-electron chi connectivity index (χ2n) is 6.62. The van der Waals surface area contributed by atoms with Crippen molar-refractivity contribution in [1.29, 1.82) is 0 Å². The van der Waals surface area contributed by atoms with Gasteiger partial charge in [0.25, 0.3) is 0 Å². The van der Waals surface area contributed by atoms with Crippen LogP contribution >= 0.6 is 0 Å². The molecule has 0 saturated carbocycles. The smallest absolute Gasteiger partial charge is 0.312 e. The second kappa shape index (κ2) is 7.27. The van der Waals surface area contributed by atoms with Crippen LogP contribution in [0.4, 0.5) is 5.69 Å². The molecule has 1 aliphatic heterocycles. The minimum absolute atomic E-state index is 0.0281. The first kappa shape index (κ1) is 18.3. The molecule has 1 aromatic rings. The van der Waals surface area contributed by atoms with Gasteiger partial charge in [-0.15, -0.1) is 0 Å². The lowest BCUT2D eigenvalue weighted by atomic mass is 10.0. The Morgan fingerprint density at radius 1 is 1.38 bits per heavy atom. The van der Waals surface area contributed by atoms with Crippen LogP contribution in [0.15, 0.2) is 0 Å². The van der Waals surface area contributed by atoms with Gasteiger partial charge in [-0.25, -0.2) is 0 Å². The van der Waals surface area contributed by atoms with Crippen molar-refractivity contribution in [1.82, 2.24) is 20.0 Å². The Hall–Kier alpha value is -2.00. The normalized spacial score (nSPS) is 16.2. The topological polar surface area (TPSA) is 103 Å². The fourth-order valence-corrected chi connectivity index (χ4v) is 2.89. The molecule has 1 N–H and O–H groups in total. The first-order chi connectivity index (χ1) is 11.2. The Kier molecular flexibility index (Phi) is 5.55. The van der Waals surface area contributed by atoms with Crippen molar-refractivity contribution >= 4 is 11.6 Å². The maximum absolute atomic E-state index is 12.2. The van der Waals surface area contributed by atoms with Crippen LogP contribution < -0.4 is 5.32 Å². The molecule has 0 atom stereocenters. The maximum Gasteiger partial charge on any atom is 0.312 e. The number of aryl methyl sites for hydroxylation is 1. The predicted octanol–water partition coefficient (Wildman–Crippen LogP) is 0.635. The van der Waals surface area contributed by atoms with Crippen molar-refractivity contribution in [2.75, 3.05) is 32.8 Å². The van der Waals surface area contributed by atoms with Gasteiger partial charge in [0.05, 0.1) is 18.1 Å². The number of carbonyl (C=O) groups excluding carboxylic acids is 1. The van der Waals surface area contributed by atoms with Crippen molar-refractivity contribution in [2.45, 2.75) is 39.8 Å². The second-order valence-corrected chi connectivity index (χ2v) is 6.62. The lowest BCUT2D eigenvalue weighted by Gasteiger charge is -2.40. The third kappa shape index (κ3) is 4.09. The third-order valence-corrected chi connectivity index (χ3v) is 4.40. The number of aromatic nitrogens is 2. The average molecular weight is 339 g/mol. The van der Waals surface area contributed by atoms with E-state index in [1.54, 1.807) is 13.8 Å². The number of morpholine rings is 1. The van der Waals surface area contributed by atoms with E-state index in [0.29, 0.717) is 31.1 Å². The molecule has 0 spiro atoms. The standard InChI is InChI=1S/C15H25N5O4/c1-11-14(20(22)23)12(2)19(17-11)9-13(21)16-10-15(3,4)18-5-7-24-8-6-18/h5-10H2,1-4H3,(H,16,21). The van der Waals surface area contributed by atoms with Crippen molar-refractivity contribution in [3.8, 4) is 0 Å². The van der Waals surface area contributed by atoms with Gasteiger partial charge < -0.3 is 10.1 Å². The predicted molar refractivity (Wildman–Crippen MR) is 87.8 cm³/mol. The summed E-state index contributed by atoms with van der Waals surface area (Å²) in [5.41, 5.74) is 0.496. The summed E-state index contributed by atoms with van der Waals surface area (Å²) >= 11 is 0. The number of amides is 1. The molecule has 1 amide bonds. The fraction of sp³-hybridized carbons (Fsp3) is 0.733. The van der Waals surface area contributed by atoms with Crippen LogP contribution in [0, 0.1) is 24.0 Å². The van der Waals surface area contributed by atoms with Crippen LogP contribution in [0.2, 0.25) is 0 Å². The summed E-state index contributed by atoms with van der Waals surface area (Å²) in [5, 5.41) is 18.0. The number of rotatable bonds is 6. The number of hydrogen-bond donors (Lipinski definition) is 1. The highest BCUT2D eigenvalue weighted by Crippen LogP contribution is 2.21. The van der Waals surface area contributed by atoms with E-state index in [1.807, 2.05) is 0 Å². The van der Waals surface area contributed by atoms with Crippen molar-refractivity contribution in [3.63, 3.8) is 0 Å². The molecule has 24 heavy (non-hydrogen) atoms. The zero-order valence-corrected chi connectivity index (χ0v) is 14.7. The zero-order valence-electron chi connectivity index (χ0n) is 14.7. The summed E-state index contributed by atoms with van der Waals surface area (Å²) in [6.07, 6.45) is 0. The van der Waals surface area contributed by atoms with Crippen LogP contribution in [0.25, 0.3) is 0 Å². The third-order valence-electron chi connectivity index (χ3n) is 4.40. The van der Waals surface area contributed by atoms with Crippen molar-refractivity contribution in [3.05, 3.63) is 21.5 Å². The number of nitro groups is 1. The maximum atomic E-state index is 12.2. The van der Waals surface area contributed by atoms with Crippen LogP contribution in [0.5, 0.6) is 0 Å². The highest BCUT2D eigenvalue weighted by Gasteiger charge is 2.29. The lowest BCUT2D eigenvalue weighted by molar-refractivity contribution is -0.386. The summed E-state index contributed by atoms with van der Waals surface area (Å²) in [4.78, 5) is 25.0. The summed E-state index contributed by atoms with van der Waals surface area (Å²) in [7, 11) is 0. The molecule has 0 aromatic carbocycles. The van der Waals surface area contributed by atoms with Crippen LogP contribution in [-0.2, 0) is 16.1 Å². The first-order valence-corrected chi connectivity index (χ1v) is 8.00. The largest absolute Gasteiger partial charge is 0.379 e. The van der Waals surface area contributed by atoms with Gasteiger partial charge in [0.2, 0.25) is 5.91 Å². The molecule has 0 aliphatic carbocycles. The van der Waals surface area contributed by atoms with Gasteiger partial charge in [-0.1, -0.05) is 0 Å². The molecule has 1 aliphatic rings. The van der Waals surface area contributed by atoms with E-state index < -0.39 is 4.92 Å². The number of carbonyl (C=O) groups is 1. The molecule has 9 nitrogen and oxygen atoms in total. The molecule has 1 saturated heterocycles. The molecule has 0 unspecified atom stereocenters. The van der Waals surface area contributed by atoms with Gasteiger partial charge in [0.1, 0.15) is 17.9 Å². The fourth-order valence-electron chi connectivity index (χ4n) is 2.89. The minimum Gasteiger partial charge on any atom is -0.379 e. The Morgan fingerprint density at radius 3 is 2.54 bits per heavy atom. The Morgan fingerprint density at radius 2 is 2.00 bits per heavy atom. The molecule has 0 bridgehead atoms. The molecule has 134 valence electrons. The summed E-state index contributed by atoms with van der Waals surface area (Å²) < 4.78 is 6.73. The van der Waals surface area contributed by atoms with E-state index in [4.69, 9.17) is 4.74 Å². The van der Waals surface area contributed by atoms with Gasteiger partial charge in [0.15, 0.2) is 0 Å². The van der Waals surface area contributed by atoms with E-state index in [2.05, 4.69) is 29.2 Å². The quantitative estimate of drug-likeness (QED) is 0.602. The SMILES string of the molecule is Cc1nn(CC(=O)NCC(C)(C)N2CCOCC2)c(C)c1[N+](=O)[O-]. The first-order valence-electron chi connectivity index (χ1n) is 8.00. The van der Waals surface area contributed by atoms with Crippen LogP contribution in [0.3, 0.4) is 0 Å². The number of nitrogens with zero attached hydrogens (tertiary/aromatic N) is 4. The van der Waals surface area contributed by atoms with E-state index in [-0.39, 0.29) is 23.7 Å². The molecular formula is C15H25N5O4. The lowest BCUT2D eigenvalue weighted by Crippen LogP contribution is -2.55. The minimum atomic E-state index is -0.465. The van der Waals surface area contributed by atoms with E-state index in [1.165, 1.54) is 4.68 Å². The van der Waals surface area contributed by atoms with E-state index in [0.717, 1.165) is 13.1 Å². The zero-order chi connectivity index (χ0) is 17.9. The highest BCUT2D eigenvalue weighted by molar-refractivity contribution is 5.76. The molecule has 0 radical (unpaired) electrons. The number of nitrogens with one attached hydrogen (secondary N) is 1. The number of hydrogen-bond acceptors (Lipinski definition) is 6. The Bertz CT molecular complexity index is 620. The molecule has 9 heteroatoms. The average Bonchev–Trinajstić information content (AvgIpc) is 2.80. The summed E-state index contributed by atoms with van der Waals surface area (Å²) in [6, 6.07) is 0. The van der Waals surface area contributed by atoms with E-state index in [9.17, 15) is 14.9 Å². The van der Waals surface area contributed by atoms with Crippen LogP contribution in [0.1, 0.15) is 25.2 Å². The molecule has 2 rings (SSSR count). The molecule has 1 aromatic heterocycles. The van der Waals surface area contributed by atoms with Gasteiger partial charge in [-0.2, -0.15) is 5.10 Å². The highest BCUT2D eigenvalue weighted by atomic mass is 16.6.